The summed E-state index contributed by atoms with van der Waals surface area (Å²) in [6.45, 7) is 5.32. The predicted octanol–water partition coefficient (Wildman–Crippen LogP) is 2.25. The van der Waals surface area contributed by atoms with Gasteiger partial charge in [-0.15, -0.1) is 0 Å². The van der Waals surface area contributed by atoms with Gasteiger partial charge in [-0.05, 0) is 32.9 Å². The van der Waals surface area contributed by atoms with Crippen LogP contribution in [0.15, 0.2) is 18.2 Å². The summed E-state index contributed by atoms with van der Waals surface area (Å²) in [4.78, 5) is 2.30. The lowest BCUT2D eigenvalue weighted by Crippen LogP contribution is -2.47. The van der Waals surface area contributed by atoms with Crippen molar-refractivity contribution >= 4 is 11.8 Å². The molecule has 2 unspecified atom stereocenters. The average Bonchev–Trinajstić information content (AvgIpc) is 2.27. The van der Waals surface area contributed by atoms with Crippen molar-refractivity contribution in [3.05, 3.63) is 34.9 Å². The molecule has 0 amide bonds. The van der Waals surface area contributed by atoms with E-state index in [0.29, 0.717) is 6.04 Å². The second-order valence-electron chi connectivity index (χ2n) is 5.39. The van der Waals surface area contributed by atoms with Gasteiger partial charge in [-0.2, -0.15) is 11.8 Å². The van der Waals surface area contributed by atoms with Crippen LogP contribution in [0.5, 0.6) is 0 Å². The van der Waals surface area contributed by atoms with Crippen LogP contribution in [0.2, 0.25) is 0 Å². The molecule has 0 aromatic heterocycles. The number of hydrogen-bond acceptors (Lipinski definition) is 3. The highest BCUT2D eigenvalue weighted by Crippen LogP contribution is 2.20. The quantitative estimate of drug-likeness (QED) is 0.907. The van der Waals surface area contributed by atoms with Gasteiger partial charge in [-0.3, -0.25) is 4.90 Å². The molecule has 2 nitrogen and oxygen atoms in total. The van der Waals surface area contributed by atoms with Gasteiger partial charge in [-0.25, -0.2) is 0 Å². The molecule has 1 heterocycles. The van der Waals surface area contributed by atoms with Crippen molar-refractivity contribution in [2.45, 2.75) is 32.4 Å². The van der Waals surface area contributed by atoms with Crippen LogP contribution in [0.3, 0.4) is 0 Å². The molecule has 0 spiro atoms. The molecule has 1 aliphatic rings. The van der Waals surface area contributed by atoms with Crippen molar-refractivity contribution in [3.63, 3.8) is 0 Å². The number of rotatable bonds is 3. The fraction of sp³-hybridized carbons (Fsp3) is 0.600. The predicted molar refractivity (Wildman–Crippen MR) is 79.4 cm³/mol. The summed E-state index contributed by atoms with van der Waals surface area (Å²) >= 11 is 1.95. The summed E-state index contributed by atoms with van der Waals surface area (Å²) in [6.07, 6.45) is 0.502. The molecule has 0 aliphatic carbocycles. The van der Waals surface area contributed by atoms with E-state index in [4.69, 9.17) is 0 Å². The first-order chi connectivity index (χ1) is 8.56. The minimum absolute atomic E-state index is 0.260. The van der Waals surface area contributed by atoms with E-state index in [-0.39, 0.29) is 6.10 Å². The molecule has 1 saturated heterocycles. The Morgan fingerprint density at radius 3 is 2.61 bits per heavy atom. The second kappa shape index (κ2) is 6.09. The highest BCUT2D eigenvalue weighted by Gasteiger charge is 2.26. The van der Waals surface area contributed by atoms with E-state index >= 15 is 0 Å². The molecule has 0 bridgehead atoms. The number of thioether (sulfide) groups is 1. The summed E-state index contributed by atoms with van der Waals surface area (Å²) in [5.41, 5.74) is 3.82. The summed E-state index contributed by atoms with van der Waals surface area (Å²) in [5, 5.41) is 10.4. The number of aliphatic hydroxyl groups excluding tert-OH is 1. The molecule has 1 aliphatic heterocycles. The zero-order valence-corrected chi connectivity index (χ0v) is 12.3. The van der Waals surface area contributed by atoms with E-state index < -0.39 is 0 Å². The van der Waals surface area contributed by atoms with Crippen molar-refractivity contribution < 1.29 is 5.11 Å². The van der Waals surface area contributed by atoms with Gasteiger partial charge in [0.05, 0.1) is 6.10 Å². The van der Waals surface area contributed by atoms with Gasteiger partial charge in [0.15, 0.2) is 0 Å². The Balaban J connectivity index is 2.03. The fourth-order valence-electron chi connectivity index (χ4n) is 2.67. The molecular weight excluding hydrogens is 242 g/mol. The standard InChI is InChI=1S/C15H23NOS/c1-11-6-12(2)8-13(7-11)9-15(17)14-10-18-5-4-16(14)3/h6-8,14-15,17H,4-5,9-10H2,1-3H3. The van der Waals surface area contributed by atoms with Crippen LogP contribution >= 0.6 is 11.8 Å². The third kappa shape index (κ3) is 3.50. The van der Waals surface area contributed by atoms with Crippen LogP contribution in [-0.4, -0.2) is 47.3 Å². The molecule has 3 heteroatoms. The molecule has 1 aromatic carbocycles. The van der Waals surface area contributed by atoms with Crippen molar-refractivity contribution in [3.8, 4) is 0 Å². The minimum Gasteiger partial charge on any atom is -0.391 e. The summed E-state index contributed by atoms with van der Waals surface area (Å²) in [6, 6.07) is 6.85. The molecule has 2 atom stereocenters. The van der Waals surface area contributed by atoms with Gasteiger partial charge in [0, 0.05) is 24.1 Å². The fourth-order valence-corrected chi connectivity index (χ4v) is 3.98. The number of benzene rings is 1. The van der Waals surface area contributed by atoms with E-state index in [0.717, 1.165) is 18.7 Å². The maximum atomic E-state index is 10.4. The maximum Gasteiger partial charge on any atom is 0.0743 e. The molecule has 1 N–H and O–H groups in total. The largest absolute Gasteiger partial charge is 0.391 e. The number of hydrogen-bond donors (Lipinski definition) is 1. The lowest BCUT2D eigenvalue weighted by Gasteiger charge is -2.35. The summed E-state index contributed by atoms with van der Waals surface area (Å²) in [5.74, 6) is 2.23. The SMILES string of the molecule is Cc1cc(C)cc(CC(O)C2CSCCN2C)c1. The lowest BCUT2D eigenvalue weighted by atomic mass is 9.99. The Labute approximate surface area is 114 Å². The van der Waals surface area contributed by atoms with Crippen LogP contribution in [-0.2, 0) is 6.42 Å². The maximum absolute atomic E-state index is 10.4. The molecule has 1 aromatic rings. The lowest BCUT2D eigenvalue weighted by molar-refractivity contribution is 0.0763. The highest BCUT2D eigenvalue weighted by molar-refractivity contribution is 7.99. The monoisotopic (exact) mass is 265 g/mol. The van der Waals surface area contributed by atoms with Gasteiger partial charge in [0.1, 0.15) is 0 Å². The third-order valence-corrected chi connectivity index (χ3v) is 4.66. The van der Waals surface area contributed by atoms with E-state index in [9.17, 15) is 5.11 Å². The number of nitrogens with zero attached hydrogens (tertiary/aromatic N) is 1. The van der Waals surface area contributed by atoms with Crippen molar-refractivity contribution in [2.24, 2.45) is 0 Å². The Kier molecular flexibility index (Phi) is 4.71. The average molecular weight is 265 g/mol. The minimum atomic E-state index is -0.260. The topological polar surface area (TPSA) is 23.5 Å². The van der Waals surface area contributed by atoms with Crippen LogP contribution in [0.1, 0.15) is 16.7 Å². The molecule has 0 radical (unpaired) electrons. The highest BCUT2D eigenvalue weighted by atomic mass is 32.2. The van der Waals surface area contributed by atoms with Gasteiger partial charge in [0.25, 0.3) is 0 Å². The van der Waals surface area contributed by atoms with E-state index in [1.807, 2.05) is 11.8 Å². The van der Waals surface area contributed by atoms with Gasteiger partial charge >= 0.3 is 0 Å². The Bertz CT molecular complexity index is 387. The summed E-state index contributed by atoms with van der Waals surface area (Å²) < 4.78 is 0. The molecule has 100 valence electrons. The van der Waals surface area contributed by atoms with Gasteiger partial charge in [0.2, 0.25) is 0 Å². The number of likely N-dealkylation sites (N-methyl/N-ethyl adjacent to an activating group) is 1. The zero-order valence-electron chi connectivity index (χ0n) is 11.5. The van der Waals surface area contributed by atoms with Crippen LogP contribution in [0.4, 0.5) is 0 Å². The Hall–Kier alpha value is -0.510. The molecule has 1 fully saturated rings. The van der Waals surface area contributed by atoms with Crippen LogP contribution < -0.4 is 0 Å². The summed E-state index contributed by atoms with van der Waals surface area (Å²) in [7, 11) is 2.12. The molecule has 18 heavy (non-hydrogen) atoms. The Morgan fingerprint density at radius 1 is 1.33 bits per heavy atom. The molecule has 2 rings (SSSR count). The number of aliphatic hydroxyl groups is 1. The molecular formula is C15H23NOS. The van der Waals surface area contributed by atoms with E-state index in [1.54, 1.807) is 0 Å². The van der Waals surface area contributed by atoms with E-state index in [1.165, 1.54) is 22.4 Å². The zero-order chi connectivity index (χ0) is 13.1. The third-order valence-electron chi connectivity index (χ3n) is 3.61. The first kappa shape index (κ1) is 13.9. The normalized spacial score (nSPS) is 23.0. The number of aryl methyl sites for hydroxylation is 2. The van der Waals surface area contributed by atoms with Crippen molar-refractivity contribution in [1.82, 2.24) is 4.90 Å². The van der Waals surface area contributed by atoms with Gasteiger partial charge < -0.3 is 5.11 Å². The Morgan fingerprint density at radius 2 is 2.00 bits per heavy atom. The molecule has 0 saturated carbocycles. The van der Waals surface area contributed by atoms with Crippen molar-refractivity contribution in [2.75, 3.05) is 25.1 Å². The van der Waals surface area contributed by atoms with E-state index in [2.05, 4.69) is 44.0 Å². The first-order valence-corrected chi connectivity index (χ1v) is 7.75. The first-order valence-electron chi connectivity index (χ1n) is 6.59. The smallest absolute Gasteiger partial charge is 0.0743 e. The van der Waals surface area contributed by atoms with Crippen LogP contribution in [0, 0.1) is 13.8 Å². The van der Waals surface area contributed by atoms with Crippen LogP contribution in [0.25, 0.3) is 0 Å². The van der Waals surface area contributed by atoms with Crippen molar-refractivity contribution in [1.29, 1.82) is 0 Å². The second-order valence-corrected chi connectivity index (χ2v) is 6.54. The van der Waals surface area contributed by atoms with Gasteiger partial charge in [-0.1, -0.05) is 29.3 Å².